The van der Waals surface area contributed by atoms with Gasteiger partial charge in [0, 0.05) is 37.4 Å². The fraction of sp³-hybridized carbons (Fsp3) is 0.471. The highest BCUT2D eigenvalue weighted by molar-refractivity contribution is 5.37. The molecule has 1 aliphatic rings. The van der Waals surface area contributed by atoms with Crippen molar-refractivity contribution in [3.05, 3.63) is 53.3 Å². The first-order chi connectivity index (χ1) is 10.2. The van der Waals surface area contributed by atoms with Crippen molar-refractivity contribution >= 4 is 0 Å². The molecule has 4 nitrogen and oxygen atoms in total. The summed E-state index contributed by atoms with van der Waals surface area (Å²) in [5.41, 5.74) is 4.21. The molecule has 0 bridgehead atoms. The first-order valence-corrected chi connectivity index (χ1v) is 7.68. The predicted octanol–water partition coefficient (Wildman–Crippen LogP) is 2.13. The van der Waals surface area contributed by atoms with Crippen LogP contribution in [-0.2, 0) is 20.0 Å². The average molecular weight is 284 g/mol. The van der Waals surface area contributed by atoms with Gasteiger partial charge >= 0.3 is 0 Å². The fourth-order valence-electron chi connectivity index (χ4n) is 3.41. The van der Waals surface area contributed by atoms with Crippen LogP contribution in [0, 0.1) is 0 Å². The molecule has 0 saturated heterocycles. The maximum absolute atomic E-state index is 4.27. The van der Waals surface area contributed by atoms with Crippen molar-refractivity contribution in [2.45, 2.75) is 32.0 Å². The van der Waals surface area contributed by atoms with E-state index < -0.39 is 0 Å². The third-order valence-electron chi connectivity index (χ3n) is 4.38. The van der Waals surface area contributed by atoms with Crippen LogP contribution < -0.4 is 5.32 Å². The highest BCUT2D eigenvalue weighted by Crippen LogP contribution is 2.34. The number of fused-ring (bicyclic) bond motifs is 1. The summed E-state index contributed by atoms with van der Waals surface area (Å²) in [6.07, 6.45) is 5.17. The Bertz CT molecular complexity index is 604. The van der Waals surface area contributed by atoms with E-state index in [1.807, 2.05) is 17.9 Å². The van der Waals surface area contributed by atoms with Gasteiger partial charge in [0.1, 0.15) is 0 Å². The van der Waals surface area contributed by atoms with E-state index in [4.69, 9.17) is 0 Å². The number of benzene rings is 1. The van der Waals surface area contributed by atoms with E-state index in [1.54, 1.807) is 0 Å². The van der Waals surface area contributed by atoms with Crippen LogP contribution in [0.3, 0.4) is 0 Å². The molecule has 0 radical (unpaired) electrons. The van der Waals surface area contributed by atoms with Gasteiger partial charge in [0.2, 0.25) is 0 Å². The van der Waals surface area contributed by atoms with Crippen LogP contribution in [0.1, 0.15) is 29.7 Å². The van der Waals surface area contributed by atoms with Gasteiger partial charge in [-0.2, -0.15) is 5.10 Å². The molecule has 1 heterocycles. The van der Waals surface area contributed by atoms with E-state index >= 15 is 0 Å². The maximum atomic E-state index is 4.27. The van der Waals surface area contributed by atoms with Gasteiger partial charge in [-0.25, -0.2) is 0 Å². The zero-order valence-corrected chi connectivity index (χ0v) is 13.1. The Morgan fingerprint density at radius 3 is 2.90 bits per heavy atom. The number of rotatable bonds is 5. The number of likely N-dealkylation sites (N-methyl/N-ethyl adjacent to an activating group) is 2. The zero-order valence-electron chi connectivity index (χ0n) is 13.1. The molecule has 0 saturated carbocycles. The third kappa shape index (κ3) is 2.87. The van der Waals surface area contributed by atoms with Gasteiger partial charge in [-0.1, -0.05) is 31.2 Å². The third-order valence-corrected chi connectivity index (χ3v) is 4.38. The molecule has 1 N–H and O–H groups in total. The summed E-state index contributed by atoms with van der Waals surface area (Å²) < 4.78 is 1.87. The van der Waals surface area contributed by atoms with Crippen molar-refractivity contribution in [1.82, 2.24) is 20.0 Å². The Morgan fingerprint density at radius 2 is 2.19 bits per heavy atom. The molecule has 2 atom stereocenters. The van der Waals surface area contributed by atoms with Gasteiger partial charge in [-0.05, 0) is 31.1 Å². The van der Waals surface area contributed by atoms with Crippen LogP contribution >= 0.6 is 0 Å². The van der Waals surface area contributed by atoms with Crippen molar-refractivity contribution in [3.63, 3.8) is 0 Å². The maximum Gasteiger partial charge on any atom is 0.0534 e. The van der Waals surface area contributed by atoms with Crippen molar-refractivity contribution in [2.75, 3.05) is 13.6 Å². The summed E-state index contributed by atoms with van der Waals surface area (Å²) in [4.78, 5) is 2.45. The van der Waals surface area contributed by atoms with Crippen LogP contribution in [0.25, 0.3) is 0 Å². The van der Waals surface area contributed by atoms with Gasteiger partial charge in [-0.15, -0.1) is 0 Å². The molecular formula is C17H24N4. The first-order valence-electron chi connectivity index (χ1n) is 7.68. The van der Waals surface area contributed by atoms with E-state index in [0.717, 1.165) is 19.5 Å². The summed E-state index contributed by atoms with van der Waals surface area (Å²) in [7, 11) is 4.18. The number of aromatic nitrogens is 2. The van der Waals surface area contributed by atoms with Gasteiger partial charge in [0.05, 0.1) is 6.20 Å². The van der Waals surface area contributed by atoms with Crippen molar-refractivity contribution < 1.29 is 0 Å². The van der Waals surface area contributed by atoms with Crippen molar-refractivity contribution in [1.29, 1.82) is 0 Å². The van der Waals surface area contributed by atoms with E-state index in [-0.39, 0.29) is 0 Å². The smallest absolute Gasteiger partial charge is 0.0534 e. The standard InChI is InChI=1S/C17H24N4/c1-4-18-17-15-8-6-5-7-14(15)9-16(17)20(2)11-13-10-19-21(3)12-13/h5-8,10,12,16-18H,4,9,11H2,1-3H3. The first kappa shape index (κ1) is 14.3. The molecule has 0 amide bonds. The summed E-state index contributed by atoms with van der Waals surface area (Å²) in [5, 5.41) is 7.93. The molecule has 1 aliphatic carbocycles. The normalized spacial score (nSPS) is 21.0. The molecule has 2 unspecified atom stereocenters. The largest absolute Gasteiger partial charge is 0.309 e. The number of nitrogens with zero attached hydrogens (tertiary/aromatic N) is 3. The second-order valence-corrected chi connectivity index (χ2v) is 5.94. The van der Waals surface area contributed by atoms with Crippen molar-refractivity contribution in [2.24, 2.45) is 7.05 Å². The molecule has 1 aromatic carbocycles. The number of hydrogen-bond donors (Lipinski definition) is 1. The second kappa shape index (κ2) is 6.00. The Hall–Kier alpha value is -1.65. The van der Waals surface area contributed by atoms with Crippen LogP contribution in [0.2, 0.25) is 0 Å². The van der Waals surface area contributed by atoms with Crippen molar-refractivity contribution in [3.8, 4) is 0 Å². The molecular weight excluding hydrogens is 260 g/mol. The molecule has 21 heavy (non-hydrogen) atoms. The van der Waals surface area contributed by atoms with E-state index in [0.29, 0.717) is 12.1 Å². The molecule has 0 fully saturated rings. The van der Waals surface area contributed by atoms with Gasteiger partial charge < -0.3 is 5.32 Å². The topological polar surface area (TPSA) is 33.1 Å². The fourth-order valence-corrected chi connectivity index (χ4v) is 3.41. The molecule has 2 aromatic rings. The SMILES string of the molecule is CCNC1c2ccccc2CC1N(C)Cc1cnn(C)c1. The Morgan fingerprint density at radius 1 is 1.38 bits per heavy atom. The van der Waals surface area contributed by atoms with Crippen LogP contribution in [-0.4, -0.2) is 34.3 Å². The quantitative estimate of drug-likeness (QED) is 0.913. The Balaban J connectivity index is 1.78. The highest BCUT2D eigenvalue weighted by Gasteiger charge is 2.34. The summed E-state index contributed by atoms with van der Waals surface area (Å²) >= 11 is 0. The lowest BCUT2D eigenvalue weighted by molar-refractivity contribution is 0.197. The van der Waals surface area contributed by atoms with Crippen LogP contribution in [0.4, 0.5) is 0 Å². The lowest BCUT2D eigenvalue weighted by Crippen LogP contribution is -2.40. The van der Waals surface area contributed by atoms with Gasteiger partial charge in [-0.3, -0.25) is 9.58 Å². The molecule has 0 spiro atoms. The number of hydrogen-bond acceptors (Lipinski definition) is 3. The van der Waals surface area contributed by atoms with Crippen LogP contribution in [0.5, 0.6) is 0 Å². The molecule has 3 rings (SSSR count). The minimum atomic E-state index is 0.424. The number of aryl methyl sites for hydroxylation is 1. The number of nitrogens with one attached hydrogen (secondary N) is 1. The lowest BCUT2D eigenvalue weighted by Gasteiger charge is -2.30. The summed E-state index contributed by atoms with van der Waals surface area (Å²) in [6, 6.07) is 9.74. The Labute approximate surface area is 126 Å². The summed E-state index contributed by atoms with van der Waals surface area (Å²) in [6.45, 7) is 4.11. The zero-order chi connectivity index (χ0) is 14.8. The molecule has 112 valence electrons. The minimum absolute atomic E-state index is 0.424. The van der Waals surface area contributed by atoms with E-state index in [2.05, 4.69) is 59.7 Å². The monoisotopic (exact) mass is 284 g/mol. The molecule has 1 aromatic heterocycles. The predicted molar refractivity (Wildman–Crippen MR) is 85.0 cm³/mol. The second-order valence-electron chi connectivity index (χ2n) is 5.94. The molecule has 4 heteroatoms. The average Bonchev–Trinajstić information content (AvgIpc) is 3.04. The minimum Gasteiger partial charge on any atom is -0.309 e. The van der Waals surface area contributed by atoms with E-state index in [1.165, 1.54) is 16.7 Å². The van der Waals surface area contributed by atoms with Gasteiger partial charge in [0.15, 0.2) is 0 Å². The van der Waals surface area contributed by atoms with Gasteiger partial charge in [0.25, 0.3) is 0 Å². The van der Waals surface area contributed by atoms with E-state index in [9.17, 15) is 0 Å². The lowest BCUT2D eigenvalue weighted by atomic mass is 10.1. The van der Waals surface area contributed by atoms with Crippen LogP contribution in [0.15, 0.2) is 36.7 Å². The molecule has 0 aliphatic heterocycles. The summed E-state index contributed by atoms with van der Waals surface area (Å²) in [5.74, 6) is 0. The highest BCUT2D eigenvalue weighted by atomic mass is 15.2. The Kier molecular flexibility index (Phi) is 4.08.